The number of aromatic amines is 1. The lowest BCUT2D eigenvalue weighted by molar-refractivity contribution is -0.274. The third-order valence-electron chi connectivity index (χ3n) is 5.72. The Morgan fingerprint density at radius 1 is 1.05 bits per heavy atom. The van der Waals surface area contributed by atoms with E-state index < -0.39 is 89.0 Å². The average molecular weight is 619 g/mol. The molecule has 40 heavy (non-hydrogen) atoms. The number of H-pyrrole nitrogens is 1. The molecule has 224 valence electrons. The van der Waals surface area contributed by atoms with Gasteiger partial charge >= 0.3 is 21.6 Å². The molecule has 24 heteroatoms. The molecule has 2 aliphatic rings. The topological polar surface area (TPSA) is 349 Å². The summed E-state index contributed by atoms with van der Waals surface area (Å²) in [6.07, 6.45) is -16.8. The molecule has 3 unspecified atom stereocenters. The number of anilines is 1. The number of aliphatic hydroxyl groups is 5. The van der Waals surface area contributed by atoms with E-state index in [-0.39, 0.29) is 17.1 Å². The van der Waals surface area contributed by atoms with Gasteiger partial charge in [0.25, 0.3) is 5.56 Å². The van der Waals surface area contributed by atoms with E-state index in [4.69, 9.17) is 15.6 Å². The fraction of sp³-hybridized carbons (Fsp3) is 0.625. The summed E-state index contributed by atoms with van der Waals surface area (Å²) in [5.74, 6) is -2.14. The zero-order valence-electron chi connectivity index (χ0n) is 19.5. The highest BCUT2D eigenvalue weighted by Crippen LogP contribution is 2.61. The summed E-state index contributed by atoms with van der Waals surface area (Å²) in [5.41, 5.74) is 4.48. The standard InChI is InChI=1S/C16H23N5O17P2/c17-16-19-11-4(12(27)20-16)18-2-21(11)13-8(25)5(22)3(35-13)1-34-39(30,31)38-40(32,33)37-15-9(26)6(23)7(24)10(36-15)14(28)29/h2-3,5-10,13,15,22-26H,1H2,(H,28,29)(H,30,31)(H,32,33)(H3,17,19,20,27)/t3-,5-,6+,7+,8-,9+,10+,13-,15?/m1/s1. The number of hydrogen-bond acceptors (Lipinski definition) is 17. The monoisotopic (exact) mass is 619 g/mol. The molecule has 0 bridgehead atoms. The first-order valence-electron chi connectivity index (χ1n) is 10.9. The van der Waals surface area contributed by atoms with Gasteiger partial charge in [-0.1, -0.05) is 0 Å². The summed E-state index contributed by atoms with van der Waals surface area (Å²) in [6.45, 7) is -1.04. The van der Waals surface area contributed by atoms with E-state index >= 15 is 0 Å². The summed E-state index contributed by atoms with van der Waals surface area (Å²) in [4.78, 5) is 52.7. The van der Waals surface area contributed by atoms with Crippen molar-refractivity contribution >= 4 is 38.7 Å². The highest BCUT2D eigenvalue weighted by Gasteiger charge is 2.51. The zero-order chi connectivity index (χ0) is 29.7. The molecule has 4 heterocycles. The molecule has 2 aromatic rings. The number of rotatable bonds is 9. The van der Waals surface area contributed by atoms with Crippen molar-refractivity contribution in [3.63, 3.8) is 0 Å². The molecule has 0 spiro atoms. The van der Waals surface area contributed by atoms with Gasteiger partial charge in [0.2, 0.25) is 5.95 Å². The molecule has 4 rings (SSSR count). The molecule has 2 saturated heterocycles. The summed E-state index contributed by atoms with van der Waals surface area (Å²) < 4.78 is 48.6. The minimum Gasteiger partial charge on any atom is -0.479 e. The fourth-order valence-corrected chi connectivity index (χ4v) is 6.00. The first kappa shape index (κ1) is 30.6. The van der Waals surface area contributed by atoms with Crippen LogP contribution in [0.2, 0.25) is 0 Å². The van der Waals surface area contributed by atoms with Gasteiger partial charge < -0.3 is 55.6 Å². The number of imidazole rings is 1. The maximum atomic E-state index is 12.3. The minimum absolute atomic E-state index is 0.136. The molecular formula is C16H23N5O17P2. The number of fused-ring (bicyclic) bond motifs is 1. The first-order chi connectivity index (χ1) is 18.5. The number of aromatic nitrogens is 4. The fourth-order valence-electron chi connectivity index (χ4n) is 3.84. The van der Waals surface area contributed by atoms with Gasteiger partial charge in [-0.15, -0.1) is 0 Å². The van der Waals surface area contributed by atoms with Crippen molar-refractivity contribution in [2.75, 3.05) is 12.3 Å². The molecule has 2 aromatic heterocycles. The molecule has 0 saturated carbocycles. The second-order valence-electron chi connectivity index (χ2n) is 8.48. The van der Waals surface area contributed by atoms with Gasteiger partial charge in [-0.25, -0.2) is 18.9 Å². The number of nitrogens with one attached hydrogen (secondary N) is 1. The van der Waals surface area contributed by atoms with Crippen molar-refractivity contribution in [2.24, 2.45) is 0 Å². The normalized spacial score (nSPS) is 35.8. The minimum atomic E-state index is -5.73. The van der Waals surface area contributed by atoms with Gasteiger partial charge in [0.15, 0.2) is 29.8 Å². The number of nitrogen functional groups attached to an aromatic ring is 1. The molecule has 11 N–H and O–H groups in total. The van der Waals surface area contributed by atoms with E-state index in [2.05, 4.69) is 33.0 Å². The number of aliphatic hydroxyl groups excluding tert-OH is 5. The molecule has 0 amide bonds. The molecule has 0 radical (unpaired) electrons. The highest BCUT2D eigenvalue weighted by molar-refractivity contribution is 7.61. The Bertz CT molecular complexity index is 1420. The lowest BCUT2D eigenvalue weighted by atomic mass is 9.99. The number of carboxylic acids is 1. The van der Waals surface area contributed by atoms with Gasteiger partial charge in [-0.3, -0.25) is 23.4 Å². The molecule has 2 fully saturated rings. The van der Waals surface area contributed by atoms with Crippen molar-refractivity contribution in [3.05, 3.63) is 16.7 Å². The SMILES string of the molecule is Nc1nc2c(ncn2[C@@H]2O[C@H](COP(=O)(O)OP(=O)(O)OC3O[C@H](C(=O)O)[C@@H](O)[C@H](O)[C@@H]3O)[C@@H](O)[C@H]2O)c(=O)[nH]1. The lowest BCUT2D eigenvalue weighted by Crippen LogP contribution is -2.60. The molecule has 0 aliphatic carbocycles. The van der Waals surface area contributed by atoms with E-state index in [9.17, 15) is 54.0 Å². The molecule has 2 aliphatic heterocycles. The number of ether oxygens (including phenoxy) is 2. The van der Waals surface area contributed by atoms with Crippen LogP contribution >= 0.6 is 15.6 Å². The number of phosphoric ester groups is 2. The van der Waals surface area contributed by atoms with Crippen LogP contribution in [-0.2, 0) is 36.8 Å². The maximum absolute atomic E-state index is 12.3. The summed E-state index contributed by atoms with van der Waals surface area (Å²) in [5, 5.41) is 59.0. The van der Waals surface area contributed by atoms with Gasteiger partial charge in [0, 0.05) is 0 Å². The summed E-state index contributed by atoms with van der Waals surface area (Å²) in [6, 6.07) is 0. The third kappa shape index (κ3) is 6.10. The quantitative estimate of drug-likeness (QED) is 0.118. The smallest absolute Gasteiger partial charge is 0.479 e. The Balaban J connectivity index is 1.40. The zero-order valence-corrected chi connectivity index (χ0v) is 21.3. The second kappa shape index (κ2) is 11.1. The molecule has 0 aromatic carbocycles. The van der Waals surface area contributed by atoms with Crippen LogP contribution in [-0.4, -0.2) is 122 Å². The van der Waals surface area contributed by atoms with Crippen molar-refractivity contribution in [1.29, 1.82) is 0 Å². The van der Waals surface area contributed by atoms with E-state index in [1.165, 1.54) is 0 Å². The number of aliphatic carboxylic acids is 1. The highest BCUT2D eigenvalue weighted by atomic mass is 31.3. The van der Waals surface area contributed by atoms with E-state index in [1.807, 2.05) is 0 Å². The Kier molecular flexibility index (Phi) is 8.49. The van der Waals surface area contributed by atoms with Crippen LogP contribution in [0.5, 0.6) is 0 Å². The van der Waals surface area contributed by atoms with Crippen molar-refractivity contribution in [1.82, 2.24) is 19.5 Å². The van der Waals surface area contributed by atoms with Gasteiger partial charge in [-0.2, -0.15) is 9.29 Å². The van der Waals surface area contributed by atoms with E-state index in [0.717, 1.165) is 10.9 Å². The second-order valence-corrected chi connectivity index (χ2v) is 11.5. The van der Waals surface area contributed by atoms with Crippen LogP contribution in [0.1, 0.15) is 6.23 Å². The number of carboxylic acid groups (broad SMARTS) is 1. The van der Waals surface area contributed by atoms with Gasteiger partial charge in [-0.05, 0) is 0 Å². The predicted molar refractivity (Wildman–Crippen MR) is 121 cm³/mol. The molecule has 22 nitrogen and oxygen atoms in total. The van der Waals surface area contributed by atoms with Gasteiger partial charge in [0.1, 0.15) is 36.6 Å². The Labute approximate surface area is 220 Å². The lowest BCUT2D eigenvalue weighted by Gasteiger charge is -2.38. The van der Waals surface area contributed by atoms with E-state index in [1.54, 1.807) is 0 Å². The number of carbonyl (C=O) groups is 1. The predicted octanol–water partition coefficient (Wildman–Crippen LogP) is -4.54. The number of phosphoric acid groups is 2. The Morgan fingerprint density at radius 2 is 1.73 bits per heavy atom. The van der Waals surface area contributed by atoms with Crippen LogP contribution < -0.4 is 11.3 Å². The summed E-state index contributed by atoms with van der Waals surface area (Å²) in [7, 11) is -11.3. The Hall–Kier alpha value is -2.40. The van der Waals surface area contributed by atoms with Crippen molar-refractivity contribution in [3.8, 4) is 0 Å². The van der Waals surface area contributed by atoms with E-state index in [0.29, 0.717) is 0 Å². The number of nitrogens with two attached hydrogens (primary N) is 1. The molecular weight excluding hydrogens is 596 g/mol. The van der Waals surface area contributed by atoms with Crippen molar-refractivity contribution in [2.45, 2.75) is 55.2 Å². The van der Waals surface area contributed by atoms with Crippen LogP contribution in [0.4, 0.5) is 5.95 Å². The molecule has 11 atom stereocenters. The van der Waals surface area contributed by atoms with Crippen LogP contribution in [0, 0.1) is 0 Å². The number of hydrogen-bond donors (Lipinski definition) is 10. The first-order valence-corrected chi connectivity index (χ1v) is 13.9. The Morgan fingerprint density at radius 3 is 2.38 bits per heavy atom. The average Bonchev–Trinajstić information content (AvgIpc) is 3.38. The van der Waals surface area contributed by atoms with Crippen molar-refractivity contribution < 1.29 is 77.2 Å². The third-order valence-corrected chi connectivity index (χ3v) is 8.32. The van der Waals surface area contributed by atoms with Gasteiger partial charge in [0.05, 0.1) is 12.9 Å². The maximum Gasteiger partial charge on any atom is 0.483 e. The van der Waals surface area contributed by atoms with Crippen LogP contribution in [0.25, 0.3) is 11.2 Å². The van der Waals surface area contributed by atoms with Crippen LogP contribution in [0.15, 0.2) is 11.1 Å². The largest absolute Gasteiger partial charge is 0.483 e. The number of nitrogens with zero attached hydrogens (tertiary/aromatic N) is 3. The van der Waals surface area contributed by atoms with Crippen LogP contribution in [0.3, 0.4) is 0 Å². The summed E-state index contributed by atoms with van der Waals surface area (Å²) >= 11 is 0.